The van der Waals surface area contributed by atoms with Crippen molar-refractivity contribution in [2.45, 2.75) is 52.9 Å². The first-order valence-electron chi connectivity index (χ1n) is 7.35. The van der Waals surface area contributed by atoms with Crippen LogP contribution in [0.5, 0.6) is 0 Å². The fourth-order valence-corrected chi connectivity index (χ4v) is 4.09. The second-order valence-electron chi connectivity index (χ2n) is 5.41. The summed E-state index contributed by atoms with van der Waals surface area (Å²) in [5.41, 5.74) is 4.58. The molecule has 0 unspecified atom stereocenters. The average Bonchev–Trinajstić information content (AvgIpc) is 2.43. The van der Waals surface area contributed by atoms with Crippen molar-refractivity contribution in [1.82, 2.24) is 4.72 Å². The van der Waals surface area contributed by atoms with Gasteiger partial charge in [-0.3, -0.25) is 4.79 Å². The van der Waals surface area contributed by atoms with Crippen LogP contribution < -0.4 is 4.72 Å². The highest BCUT2D eigenvalue weighted by molar-refractivity contribution is 7.89. The fraction of sp³-hybridized carbons (Fsp3) is 0.562. The Balaban J connectivity index is 3.07. The molecule has 0 amide bonds. The van der Waals surface area contributed by atoms with E-state index in [4.69, 9.17) is 4.74 Å². The first kappa shape index (κ1) is 18.6. The minimum absolute atomic E-state index is 0.0228. The summed E-state index contributed by atoms with van der Waals surface area (Å²) in [5.74, 6) is -0.407. The van der Waals surface area contributed by atoms with E-state index < -0.39 is 16.0 Å². The van der Waals surface area contributed by atoms with Crippen LogP contribution in [0.4, 0.5) is 0 Å². The number of hydrogen-bond acceptors (Lipinski definition) is 4. The SMILES string of the molecule is CCOC(=O)CCNS(=O)(=O)c1c(C)c(C)c(C)c(C)c1C. The molecule has 6 heteroatoms. The lowest BCUT2D eigenvalue weighted by Gasteiger charge is -2.19. The van der Waals surface area contributed by atoms with Gasteiger partial charge in [0.05, 0.1) is 17.9 Å². The molecule has 1 rings (SSSR count). The van der Waals surface area contributed by atoms with Crippen LogP contribution in [0.1, 0.15) is 41.2 Å². The molecule has 0 bridgehead atoms. The number of carbonyl (C=O) groups excluding carboxylic acids is 1. The monoisotopic (exact) mass is 327 g/mol. The van der Waals surface area contributed by atoms with E-state index in [1.165, 1.54) is 0 Å². The van der Waals surface area contributed by atoms with Gasteiger partial charge in [0.1, 0.15) is 0 Å². The Morgan fingerprint density at radius 1 is 0.955 bits per heavy atom. The van der Waals surface area contributed by atoms with Crippen molar-refractivity contribution in [2.75, 3.05) is 13.2 Å². The maximum Gasteiger partial charge on any atom is 0.307 e. The molecule has 5 nitrogen and oxygen atoms in total. The predicted octanol–water partition coefficient (Wildman–Crippen LogP) is 2.46. The number of sulfonamides is 1. The second kappa shape index (κ2) is 7.24. The zero-order valence-electron chi connectivity index (χ0n) is 14.2. The molecule has 0 spiro atoms. The minimum Gasteiger partial charge on any atom is -0.466 e. The smallest absolute Gasteiger partial charge is 0.307 e. The van der Waals surface area contributed by atoms with Crippen LogP contribution in [0.15, 0.2) is 4.90 Å². The Morgan fingerprint density at radius 2 is 1.41 bits per heavy atom. The zero-order chi connectivity index (χ0) is 17.1. The van der Waals surface area contributed by atoms with Gasteiger partial charge < -0.3 is 4.74 Å². The molecule has 124 valence electrons. The van der Waals surface area contributed by atoms with E-state index in [9.17, 15) is 13.2 Å². The summed E-state index contributed by atoms with van der Waals surface area (Å²) in [4.78, 5) is 11.6. The molecule has 0 atom stereocenters. The molecule has 1 N–H and O–H groups in total. The standard InChI is InChI=1S/C16H25NO4S/c1-7-21-15(18)8-9-17-22(19,20)16-13(5)11(3)10(2)12(4)14(16)6/h17H,7-9H2,1-6H3. The topological polar surface area (TPSA) is 72.5 Å². The van der Waals surface area contributed by atoms with Gasteiger partial charge in [0.15, 0.2) is 0 Å². The Hall–Kier alpha value is -1.40. The lowest BCUT2D eigenvalue weighted by Crippen LogP contribution is -2.28. The Labute approximate surface area is 133 Å². The first-order valence-corrected chi connectivity index (χ1v) is 8.84. The van der Waals surface area contributed by atoms with E-state index in [0.717, 1.165) is 27.8 Å². The predicted molar refractivity (Wildman–Crippen MR) is 86.6 cm³/mol. The van der Waals surface area contributed by atoms with Crippen molar-refractivity contribution < 1.29 is 17.9 Å². The van der Waals surface area contributed by atoms with Crippen molar-refractivity contribution in [3.05, 3.63) is 27.8 Å². The van der Waals surface area contributed by atoms with Crippen LogP contribution >= 0.6 is 0 Å². The van der Waals surface area contributed by atoms with Crippen LogP contribution in [0.3, 0.4) is 0 Å². The zero-order valence-corrected chi connectivity index (χ0v) is 15.0. The molecule has 1 aromatic rings. The number of carbonyl (C=O) groups is 1. The largest absolute Gasteiger partial charge is 0.466 e. The van der Waals surface area contributed by atoms with Crippen LogP contribution in [-0.2, 0) is 19.6 Å². The van der Waals surface area contributed by atoms with Crippen LogP contribution in [0, 0.1) is 34.6 Å². The number of nitrogens with one attached hydrogen (secondary N) is 1. The van der Waals surface area contributed by atoms with Gasteiger partial charge in [0, 0.05) is 6.54 Å². The lowest BCUT2D eigenvalue weighted by atomic mass is 9.95. The quantitative estimate of drug-likeness (QED) is 0.815. The molecule has 0 aliphatic carbocycles. The third-order valence-corrected chi connectivity index (χ3v) is 5.86. The van der Waals surface area contributed by atoms with Crippen molar-refractivity contribution in [3.63, 3.8) is 0 Å². The van der Waals surface area contributed by atoms with Gasteiger partial charge in [-0.15, -0.1) is 0 Å². The molecule has 0 aliphatic heterocycles. The molecule has 0 saturated heterocycles. The van der Waals surface area contributed by atoms with Gasteiger partial charge in [0.2, 0.25) is 10.0 Å². The Bertz CT molecular complexity index is 649. The Kier molecular flexibility index (Phi) is 6.14. The molecule has 0 aromatic heterocycles. The van der Waals surface area contributed by atoms with Gasteiger partial charge in [0.25, 0.3) is 0 Å². The minimum atomic E-state index is -3.65. The average molecular weight is 327 g/mol. The number of esters is 1. The van der Waals surface area contributed by atoms with Gasteiger partial charge >= 0.3 is 5.97 Å². The molecule has 22 heavy (non-hydrogen) atoms. The van der Waals surface area contributed by atoms with E-state index in [2.05, 4.69) is 4.72 Å². The summed E-state index contributed by atoms with van der Waals surface area (Å²) >= 11 is 0. The number of rotatable bonds is 6. The molecule has 0 heterocycles. The molecule has 0 radical (unpaired) electrons. The third-order valence-electron chi connectivity index (χ3n) is 4.13. The molecular formula is C16H25NO4S. The van der Waals surface area contributed by atoms with Crippen molar-refractivity contribution in [1.29, 1.82) is 0 Å². The second-order valence-corrected chi connectivity index (χ2v) is 7.11. The molecule has 1 aromatic carbocycles. The maximum absolute atomic E-state index is 12.6. The van der Waals surface area contributed by atoms with E-state index in [0.29, 0.717) is 11.5 Å². The number of hydrogen-bond donors (Lipinski definition) is 1. The summed E-state index contributed by atoms with van der Waals surface area (Å²) in [5, 5.41) is 0. The summed E-state index contributed by atoms with van der Waals surface area (Å²) in [6, 6.07) is 0. The van der Waals surface area contributed by atoms with Crippen LogP contribution in [0.25, 0.3) is 0 Å². The van der Waals surface area contributed by atoms with Crippen LogP contribution in [-0.4, -0.2) is 27.5 Å². The van der Waals surface area contributed by atoms with Gasteiger partial charge in [-0.25, -0.2) is 13.1 Å². The van der Waals surface area contributed by atoms with Crippen molar-refractivity contribution >= 4 is 16.0 Å². The maximum atomic E-state index is 12.6. The Morgan fingerprint density at radius 3 is 1.86 bits per heavy atom. The third kappa shape index (κ3) is 3.87. The summed E-state index contributed by atoms with van der Waals surface area (Å²) in [7, 11) is -3.65. The van der Waals surface area contributed by atoms with Crippen molar-refractivity contribution in [3.8, 4) is 0 Å². The van der Waals surface area contributed by atoms with Gasteiger partial charge in [-0.1, -0.05) is 0 Å². The normalized spacial score (nSPS) is 11.5. The highest BCUT2D eigenvalue weighted by atomic mass is 32.2. The molecule has 0 aliphatic rings. The molecule has 0 saturated carbocycles. The van der Waals surface area contributed by atoms with Gasteiger partial charge in [-0.05, 0) is 69.4 Å². The first-order chi connectivity index (χ1) is 10.1. The van der Waals surface area contributed by atoms with Crippen molar-refractivity contribution in [2.24, 2.45) is 0 Å². The molecule has 0 fully saturated rings. The summed E-state index contributed by atoms with van der Waals surface area (Å²) in [6.07, 6.45) is 0.0228. The highest BCUT2D eigenvalue weighted by Crippen LogP contribution is 2.29. The van der Waals surface area contributed by atoms with E-state index >= 15 is 0 Å². The van der Waals surface area contributed by atoms with Gasteiger partial charge in [-0.2, -0.15) is 0 Å². The van der Waals surface area contributed by atoms with Crippen LogP contribution in [0.2, 0.25) is 0 Å². The highest BCUT2D eigenvalue weighted by Gasteiger charge is 2.23. The van der Waals surface area contributed by atoms with E-state index in [-0.39, 0.29) is 13.0 Å². The lowest BCUT2D eigenvalue weighted by molar-refractivity contribution is -0.142. The number of ether oxygens (including phenoxy) is 1. The number of benzene rings is 1. The summed E-state index contributed by atoms with van der Waals surface area (Å²) in [6.45, 7) is 11.5. The van der Waals surface area contributed by atoms with E-state index in [1.54, 1.807) is 6.92 Å². The van der Waals surface area contributed by atoms with E-state index in [1.807, 2.05) is 34.6 Å². The summed E-state index contributed by atoms with van der Waals surface area (Å²) < 4.78 is 32.4. The molecular weight excluding hydrogens is 302 g/mol. The fourth-order valence-electron chi connectivity index (χ4n) is 2.46.